The molecule has 0 saturated heterocycles. The number of benzene rings is 1. The van der Waals surface area contributed by atoms with Gasteiger partial charge in [-0.05, 0) is 6.07 Å². The zero-order valence-corrected chi connectivity index (χ0v) is 10.7. The Balaban J connectivity index is 2.03. The SMILES string of the molecule is NC(=O)c1cn(CCc2cnc[nH]2)c2c(O)cccc12. The molecule has 0 saturated carbocycles. The third kappa shape index (κ3) is 2.01. The molecule has 0 aliphatic carbocycles. The molecule has 2 aromatic heterocycles. The van der Waals surface area contributed by atoms with Crippen LogP contribution in [0.15, 0.2) is 36.9 Å². The van der Waals surface area contributed by atoms with Crippen LogP contribution in [0.2, 0.25) is 0 Å². The topological polar surface area (TPSA) is 96.9 Å². The summed E-state index contributed by atoms with van der Waals surface area (Å²) in [7, 11) is 0. The highest BCUT2D eigenvalue weighted by molar-refractivity contribution is 6.07. The van der Waals surface area contributed by atoms with E-state index in [4.69, 9.17) is 5.73 Å². The number of phenols is 1. The molecule has 0 radical (unpaired) electrons. The van der Waals surface area contributed by atoms with Crippen molar-refractivity contribution in [3.63, 3.8) is 0 Å². The molecule has 2 heterocycles. The minimum absolute atomic E-state index is 0.139. The van der Waals surface area contributed by atoms with E-state index in [1.54, 1.807) is 36.9 Å². The van der Waals surface area contributed by atoms with Crippen molar-refractivity contribution in [2.24, 2.45) is 5.73 Å². The first-order valence-corrected chi connectivity index (χ1v) is 6.24. The lowest BCUT2D eigenvalue weighted by atomic mass is 10.1. The van der Waals surface area contributed by atoms with Gasteiger partial charge in [0.2, 0.25) is 0 Å². The van der Waals surface area contributed by atoms with Gasteiger partial charge in [-0.25, -0.2) is 4.98 Å². The van der Waals surface area contributed by atoms with Crippen molar-refractivity contribution in [2.45, 2.75) is 13.0 Å². The number of imidazole rings is 1. The van der Waals surface area contributed by atoms with E-state index in [0.29, 0.717) is 23.0 Å². The number of aromatic hydroxyl groups is 1. The number of aryl methyl sites for hydroxylation is 2. The molecule has 1 aromatic carbocycles. The fourth-order valence-electron chi connectivity index (χ4n) is 2.38. The summed E-state index contributed by atoms with van der Waals surface area (Å²) in [5, 5.41) is 10.7. The van der Waals surface area contributed by atoms with Crippen LogP contribution < -0.4 is 5.73 Å². The van der Waals surface area contributed by atoms with Crippen LogP contribution in [0.25, 0.3) is 10.9 Å². The number of para-hydroxylation sites is 1. The molecule has 6 heteroatoms. The minimum Gasteiger partial charge on any atom is -0.506 e. The molecule has 0 aliphatic rings. The van der Waals surface area contributed by atoms with Gasteiger partial charge < -0.3 is 20.4 Å². The number of nitrogens with two attached hydrogens (primary N) is 1. The van der Waals surface area contributed by atoms with E-state index in [2.05, 4.69) is 9.97 Å². The Kier molecular flexibility index (Phi) is 2.90. The lowest BCUT2D eigenvalue weighted by Crippen LogP contribution is -2.10. The van der Waals surface area contributed by atoms with Crippen molar-refractivity contribution in [3.8, 4) is 5.75 Å². The smallest absolute Gasteiger partial charge is 0.250 e. The molecule has 0 bridgehead atoms. The number of hydrogen-bond donors (Lipinski definition) is 3. The molecule has 3 aromatic rings. The fourth-order valence-corrected chi connectivity index (χ4v) is 2.38. The lowest BCUT2D eigenvalue weighted by Gasteiger charge is -2.05. The van der Waals surface area contributed by atoms with Gasteiger partial charge >= 0.3 is 0 Å². The molecular formula is C14H14N4O2. The second-order valence-electron chi connectivity index (χ2n) is 4.60. The van der Waals surface area contributed by atoms with E-state index in [-0.39, 0.29) is 5.75 Å². The maximum atomic E-state index is 11.5. The van der Waals surface area contributed by atoms with Crippen LogP contribution in [0, 0.1) is 0 Å². The van der Waals surface area contributed by atoms with Gasteiger partial charge in [-0.2, -0.15) is 0 Å². The maximum Gasteiger partial charge on any atom is 0.250 e. The number of carbonyl (C=O) groups is 1. The zero-order valence-electron chi connectivity index (χ0n) is 10.7. The van der Waals surface area contributed by atoms with E-state index in [9.17, 15) is 9.90 Å². The second kappa shape index (κ2) is 4.73. The Morgan fingerprint density at radius 3 is 3.00 bits per heavy atom. The number of fused-ring (bicyclic) bond motifs is 1. The molecular weight excluding hydrogens is 256 g/mol. The molecule has 0 unspecified atom stereocenters. The molecule has 1 amide bonds. The third-order valence-corrected chi connectivity index (χ3v) is 3.32. The molecule has 0 atom stereocenters. The molecule has 102 valence electrons. The first-order chi connectivity index (χ1) is 9.66. The largest absolute Gasteiger partial charge is 0.506 e. The Hall–Kier alpha value is -2.76. The van der Waals surface area contributed by atoms with Crippen molar-refractivity contribution < 1.29 is 9.90 Å². The number of H-pyrrole nitrogens is 1. The van der Waals surface area contributed by atoms with Gasteiger partial charge in [0.15, 0.2) is 0 Å². The number of nitrogens with zero attached hydrogens (tertiary/aromatic N) is 2. The van der Waals surface area contributed by atoms with E-state index in [1.165, 1.54) is 0 Å². The Morgan fingerprint density at radius 1 is 1.45 bits per heavy atom. The van der Waals surface area contributed by atoms with Gasteiger partial charge in [-0.3, -0.25) is 4.79 Å². The summed E-state index contributed by atoms with van der Waals surface area (Å²) in [6, 6.07) is 5.07. The van der Waals surface area contributed by atoms with E-state index >= 15 is 0 Å². The van der Waals surface area contributed by atoms with Crippen molar-refractivity contribution in [1.82, 2.24) is 14.5 Å². The average molecular weight is 270 g/mol. The summed E-state index contributed by atoms with van der Waals surface area (Å²) in [5.41, 5.74) is 7.42. The molecule has 3 rings (SSSR count). The standard InChI is InChI=1S/C14H14N4O2/c15-14(20)11-7-18(5-4-9-6-16-8-17-9)13-10(11)2-1-3-12(13)19/h1-3,6-8,19H,4-5H2,(H2,15,20)(H,16,17). The minimum atomic E-state index is -0.499. The summed E-state index contributed by atoms with van der Waals surface area (Å²) in [5.74, 6) is -0.361. The van der Waals surface area contributed by atoms with Crippen LogP contribution in [-0.4, -0.2) is 25.5 Å². The van der Waals surface area contributed by atoms with Crippen molar-refractivity contribution >= 4 is 16.8 Å². The van der Waals surface area contributed by atoms with Crippen LogP contribution >= 0.6 is 0 Å². The lowest BCUT2D eigenvalue weighted by molar-refractivity contribution is 0.100. The highest BCUT2D eigenvalue weighted by Crippen LogP contribution is 2.29. The van der Waals surface area contributed by atoms with Gasteiger partial charge in [0.1, 0.15) is 5.75 Å². The van der Waals surface area contributed by atoms with Gasteiger partial charge in [0, 0.05) is 36.4 Å². The highest BCUT2D eigenvalue weighted by Gasteiger charge is 2.15. The average Bonchev–Trinajstić information content (AvgIpc) is 3.04. The second-order valence-corrected chi connectivity index (χ2v) is 4.60. The number of hydrogen-bond acceptors (Lipinski definition) is 3. The number of rotatable bonds is 4. The highest BCUT2D eigenvalue weighted by atomic mass is 16.3. The molecule has 0 aliphatic heterocycles. The molecule has 0 spiro atoms. The van der Waals surface area contributed by atoms with Crippen LogP contribution in [0.5, 0.6) is 5.75 Å². The normalized spacial score (nSPS) is 11.0. The van der Waals surface area contributed by atoms with E-state index in [0.717, 1.165) is 12.1 Å². The van der Waals surface area contributed by atoms with E-state index < -0.39 is 5.91 Å². The number of carbonyl (C=O) groups excluding carboxylic acids is 1. The fraction of sp³-hybridized carbons (Fsp3) is 0.143. The first kappa shape index (κ1) is 12.3. The van der Waals surface area contributed by atoms with Crippen LogP contribution in [0.4, 0.5) is 0 Å². The molecule has 20 heavy (non-hydrogen) atoms. The molecule has 6 nitrogen and oxygen atoms in total. The van der Waals surface area contributed by atoms with Crippen molar-refractivity contribution in [3.05, 3.63) is 48.2 Å². The number of aromatic amines is 1. The Labute approximate surface area is 114 Å². The Bertz CT molecular complexity index is 759. The van der Waals surface area contributed by atoms with Gasteiger partial charge in [0.25, 0.3) is 5.91 Å². The zero-order chi connectivity index (χ0) is 14.1. The van der Waals surface area contributed by atoms with Crippen LogP contribution in [-0.2, 0) is 13.0 Å². The number of phenolic OH excluding ortho intramolecular Hbond substituents is 1. The van der Waals surface area contributed by atoms with Crippen molar-refractivity contribution in [1.29, 1.82) is 0 Å². The van der Waals surface area contributed by atoms with Gasteiger partial charge in [0.05, 0.1) is 17.4 Å². The van der Waals surface area contributed by atoms with Crippen LogP contribution in [0.1, 0.15) is 16.1 Å². The summed E-state index contributed by atoms with van der Waals surface area (Å²) in [4.78, 5) is 18.5. The predicted octanol–water partition coefficient (Wildman–Crippen LogP) is 1.41. The monoisotopic (exact) mass is 270 g/mol. The summed E-state index contributed by atoms with van der Waals surface area (Å²) >= 11 is 0. The van der Waals surface area contributed by atoms with Gasteiger partial charge in [-0.15, -0.1) is 0 Å². The summed E-state index contributed by atoms with van der Waals surface area (Å²) in [6.07, 6.45) is 5.77. The Morgan fingerprint density at radius 2 is 2.30 bits per heavy atom. The summed E-state index contributed by atoms with van der Waals surface area (Å²) in [6.45, 7) is 0.615. The number of aromatic nitrogens is 3. The number of amides is 1. The number of primary amides is 1. The van der Waals surface area contributed by atoms with E-state index in [1.807, 2.05) is 4.57 Å². The first-order valence-electron chi connectivity index (χ1n) is 6.24. The quantitative estimate of drug-likeness (QED) is 0.668. The van der Waals surface area contributed by atoms with Crippen LogP contribution in [0.3, 0.4) is 0 Å². The van der Waals surface area contributed by atoms with Crippen molar-refractivity contribution in [2.75, 3.05) is 0 Å². The number of nitrogens with one attached hydrogen (secondary N) is 1. The molecule has 0 fully saturated rings. The van der Waals surface area contributed by atoms with Gasteiger partial charge in [-0.1, -0.05) is 12.1 Å². The third-order valence-electron chi connectivity index (χ3n) is 3.32. The summed E-state index contributed by atoms with van der Waals surface area (Å²) < 4.78 is 1.84. The predicted molar refractivity (Wildman–Crippen MR) is 74.4 cm³/mol. The molecule has 4 N–H and O–H groups in total. The maximum absolute atomic E-state index is 11.5.